The van der Waals surface area contributed by atoms with Crippen LogP contribution in [0.2, 0.25) is 0 Å². The first-order valence-electron chi connectivity index (χ1n) is 6.11. The van der Waals surface area contributed by atoms with Crippen molar-refractivity contribution in [3.8, 4) is 22.4 Å². The third-order valence-electron chi connectivity index (χ3n) is 3.00. The SMILES string of the molecule is Fc1cc(-c2ccccc2)cnc1-c1ccccc1. The molecule has 0 saturated heterocycles. The van der Waals surface area contributed by atoms with E-state index in [1.807, 2.05) is 60.7 Å². The number of nitrogens with zero attached hydrogens (tertiary/aromatic N) is 1. The topological polar surface area (TPSA) is 12.9 Å². The number of aromatic nitrogens is 1. The molecule has 0 amide bonds. The molecule has 0 aliphatic heterocycles. The van der Waals surface area contributed by atoms with Crippen LogP contribution in [0.4, 0.5) is 4.39 Å². The van der Waals surface area contributed by atoms with E-state index in [-0.39, 0.29) is 5.82 Å². The van der Waals surface area contributed by atoms with E-state index >= 15 is 0 Å². The Hall–Kier alpha value is -2.48. The van der Waals surface area contributed by atoms with Gasteiger partial charge in [0, 0.05) is 17.3 Å². The van der Waals surface area contributed by atoms with Gasteiger partial charge < -0.3 is 0 Å². The van der Waals surface area contributed by atoms with Gasteiger partial charge in [-0.2, -0.15) is 0 Å². The highest BCUT2D eigenvalue weighted by Gasteiger charge is 2.08. The van der Waals surface area contributed by atoms with Crippen molar-refractivity contribution in [2.24, 2.45) is 0 Å². The molecule has 3 rings (SSSR count). The molecule has 1 aromatic heterocycles. The van der Waals surface area contributed by atoms with Crippen LogP contribution in [0.3, 0.4) is 0 Å². The molecule has 0 atom stereocenters. The van der Waals surface area contributed by atoms with Crippen LogP contribution in [-0.2, 0) is 0 Å². The molecule has 0 fully saturated rings. The summed E-state index contributed by atoms with van der Waals surface area (Å²) in [7, 11) is 0. The van der Waals surface area contributed by atoms with Gasteiger partial charge in [0.15, 0.2) is 0 Å². The summed E-state index contributed by atoms with van der Waals surface area (Å²) in [5.41, 5.74) is 2.94. The first-order chi connectivity index (χ1) is 9.34. The van der Waals surface area contributed by atoms with Gasteiger partial charge in [-0.25, -0.2) is 4.39 Å². The number of halogens is 1. The zero-order chi connectivity index (χ0) is 13.1. The van der Waals surface area contributed by atoms with Crippen LogP contribution in [0.15, 0.2) is 72.9 Å². The van der Waals surface area contributed by atoms with Crippen LogP contribution in [-0.4, -0.2) is 4.98 Å². The summed E-state index contributed by atoms with van der Waals surface area (Å²) in [6.07, 6.45) is 1.71. The van der Waals surface area contributed by atoms with Crippen LogP contribution >= 0.6 is 0 Å². The van der Waals surface area contributed by atoms with Gasteiger partial charge in [-0.15, -0.1) is 0 Å². The highest BCUT2D eigenvalue weighted by Crippen LogP contribution is 2.25. The molecule has 0 N–H and O–H groups in total. The van der Waals surface area contributed by atoms with Gasteiger partial charge in [0.25, 0.3) is 0 Å². The maximum absolute atomic E-state index is 14.2. The van der Waals surface area contributed by atoms with Crippen molar-refractivity contribution in [2.75, 3.05) is 0 Å². The molecule has 0 bridgehead atoms. The number of hydrogen-bond donors (Lipinski definition) is 0. The lowest BCUT2D eigenvalue weighted by atomic mass is 10.1. The molecule has 0 aliphatic carbocycles. The fourth-order valence-corrected chi connectivity index (χ4v) is 2.03. The van der Waals surface area contributed by atoms with Crippen molar-refractivity contribution in [1.82, 2.24) is 4.98 Å². The van der Waals surface area contributed by atoms with Gasteiger partial charge in [0.05, 0.1) is 0 Å². The number of pyridine rings is 1. The minimum absolute atomic E-state index is 0.299. The van der Waals surface area contributed by atoms with Crippen LogP contribution in [0.25, 0.3) is 22.4 Å². The molecule has 19 heavy (non-hydrogen) atoms. The Kier molecular flexibility index (Phi) is 3.07. The quantitative estimate of drug-likeness (QED) is 0.649. The summed E-state index contributed by atoms with van der Waals surface area (Å²) < 4.78 is 14.2. The van der Waals surface area contributed by atoms with E-state index in [1.54, 1.807) is 6.20 Å². The summed E-state index contributed by atoms with van der Waals surface area (Å²) in [5, 5.41) is 0. The zero-order valence-electron chi connectivity index (χ0n) is 10.3. The van der Waals surface area contributed by atoms with E-state index in [2.05, 4.69) is 4.98 Å². The third-order valence-corrected chi connectivity index (χ3v) is 3.00. The van der Waals surface area contributed by atoms with Crippen molar-refractivity contribution in [1.29, 1.82) is 0 Å². The lowest BCUT2D eigenvalue weighted by molar-refractivity contribution is 0.626. The minimum atomic E-state index is -0.299. The van der Waals surface area contributed by atoms with Gasteiger partial charge >= 0.3 is 0 Å². The van der Waals surface area contributed by atoms with E-state index in [4.69, 9.17) is 0 Å². The summed E-state index contributed by atoms with van der Waals surface area (Å²) in [4.78, 5) is 4.25. The van der Waals surface area contributed by atoms with E-state index < -0.39 is 0 Å². The highest BCUT2D eigenvalue weighted by atomic mass is 19.1. The second kappa shape index (κ2) is 5.02. The fraction of sp³-hybridized carbons (Fsp3) is 0. The Morgan fingerprint density at radius 3 is 1.84 bits per heavy atom. The van der Waals surface area contributed by atoms with Gasteiger partial charge in [0.2, 0.25) is 0 Å². The Balaban J connectivity index is 2.04. The maximum Gasteiger partial charge on any atom is 0.150 e. The van der Waals surface area contributed by atoms with Crippen LogP contribution in [0, 0.1) is 5.82 Å². The second-order valence-corrected chi connectivity index (χ2v) is 4.29. The largest absolute Gasteiger partial charge is 0.253 e. The average molecular weight is 249 g/mol. The monoisotopic (exact) mass is 249 g/mol. The smallest absolute Gasteiger partial charge is 0.150 e. The molecule has 0 aliphatic rings. The van der Waals surface area contributed by atoms with Crippen molar-refractivity contribution >= 4 is 0 Å². The van der Waals surface area contributed by atoms with E-state index in [1.165, 1.54) is 6.07 Å². The van der Waals surface area contributed by atoms with Crippen LogP contribution in [0.1, 0.15) is 0 Å². The number of rotatable bonds is 2. The van der Waals surface area contributed by atoms with Gasteiger partial charge in [-0.1, -0.05) is 60.7 Å². The van der Waals surface area contributed by atoms with E-state index in [9.17, 15) is 4.39 Å². The Labute approximate surface area is 111 Å². The molecule has 1 nitrogen and oxygen atoms in total. The van der Waals surface area contributed by atoms with Crippen molar-refractivity contribution < 1.29 is 4.39 Å². The molecule has 1 heterocycles. The molecular formula is C17H12FN. The first-order valence-corrected chi connectivity index (χ1v) is 6.11. The molecule has 92 valence electrons. The van der Waals surface area contributed by atoms with Gasteiger partial charge in [-0.05, 0) is 11.6 Å². The summed E-state index contributed by atoms with van der Waals surface area (Å²) in [6, 6.07) is 20.6. The third kappa shape index (κ3) is 2.38. The second-order valence-electron chi connectivity index (χ2n) is 4.29. The number of benzene rings is 2. The molecular weight excluding hydrogens is 237 g/mol. The minimum Gasteiger partial charge on any atom is -0.253 e. The zero-order valence-corrected chi connectivity index (χ0v) is 10.3. The average Bonchev–Trinajstić information content (AvgIpc) is 2.49. The normalized spacial score (nSPS) is 10.4. The number of hydrogen-bond acceptors (Lipinski definition) is 1. The lowest BCUT2D eigenvalue weighted by Gasteiger charge is -2.05. The van der Waals surface area contributed by atoms with E-state index in [0.717, 1.165) is 16.7 Å². The Morgan fingerprint density at radius 1 is 0.684 bits per heavy atom. The predicted molar refractivity (Wildman–Crippen MR) is 75.1 cm³/mol. The molecule has 0 radical (unpaired) electrons. The molecule has 0 saturated carbocycles. The van der Waals surface area contributed by atoms with Crippen molar-refractivity contribution in [3.63, 3.8) is 0 Å². The Morgan fingerprint density at radius 2 is 1.26 bits per heavy atom. The summed E-state index contributed by atoms with van der Waals surface area (Å²) in [6.45, 7) is 0. The standard InChI is InChI=1S/C17H12FN/c18-16-11-15(13-7-3-1-4-8-13)12-19-17(16)14-9-5-2-6-10-14/h1-12H. The lowest BCUT2D eigenvalue weighted by Crippen LogP contribution is -1.90. The maximum atomic E-state index is 14.2. The van der Waals surface area contributed by atoms with Crippen molar-refractivity contribution in [3.05, 3.63) is 78.7 Å². The predicted octanol–water partition coefficient (Wildman–Crippen LogP) is 4.55. The van der Waals surface area contributed by atoms with Gasteiger partial charge in [0.1, 0.15) is 11.5 Å². The molecule has 0 spiro atoms. The molecule has 3 aromatic rings. The fourth-order valence-electron chi connectivity index (χ4n) is 2.03. The Bertz CT molecular complexity index is 678. The first kappa shape index (κ1) is 11.6. The summed E-state index contributed by atoms with van der Waals surface area (Å²) >= 11 is 0. The molecule has 2 heteroatoms. The highest BCUT2D eigenvalue weighted by molar-refractivity contribution is 5.67. The van der Waals surface area contributed by atoms with Gasteiger partial charge in [-0.3, -0.25) is 4.98 Å². The molecule has 0 unspecified atom stereocenters. The molecule has 2 aromatic carbocycles. The van der Waals surface area contributed by atoms with Crippen molar-refractivity contribution in [2.45, 2.75) is 0 Å². The summed E-state index contributed by atoms with van der Waals surface area (Å²) in [5.74, 6) is -0.299. The van der Waals surface area contributed by atoms with Crippen LogP contribution < -0.4 is 0 Å². The van der Waals surface area contributed by atoms with Crippen LogP contribution in [0.5, 0.6) is 0 Å². The van der Waals surface area contributed by atoms with E-state index in [0.29, 0.717) is 5.69 Å².